The first-order valence-corrected chi connectivity index (χ1v) is 7.74. The smallest absolute Gasteiger partial charge is 0.255 e. The van der Waals surface area contributed by atoms with Gasteiger partial charge in [-0.2, -0.15) is 0 Å². The van der Waals surface area contributed by atoms with Crippen molar-refractivity contribution in [3.63, 3.8) is 0 Å². The maximum Gasteiger partial charge on any atom is 0.255 e. The lowest BCUT2D eigenvalue weighted by molar-refractivity contribution is -0.112. The van der Waals surface area contributed by atoms with Crippen LogP contribution in [0.5, 0.6) is 0 Å². The quantitative estimate of drug-likeness (QED) is 0.480. The van der Waals surface area contributed by atoms with Crippen LogP contribution in [-0.2, 0) is 4.79 Å². The number of hydrogen-bond donors (Lipinski definition) is 4. The Morgan fingerprint density at radius 3 is 2.64 bits per heavy atom. The zero-order chi connectivity index (χ0) is 18.4. The zero-order valence-corrected chi connectivity index (χ0v) is 14.2. The summed E-state index contributed by atoms with van der Waals surface area (Å²) in [4.78, 5) is 15.6. The van der Waals surface area contributed by atoms with Gasteiger partial charge in [0.1, 0.15) is 0 Å². The molecule has 5 heteroatoms. The summed E-state index contributed by atoms with van der Waals surface area (Å²) in [5.74, 6) is -0.292. The molecule has 2 aromatic rings. The van der Waals surface area contributed by atoms with E-state index in [-0.39, 0.29) is 5.91 Å². The van der Waals surface area contributed by atoms with Gasteiger partial charge in [0.2, 0.25) is 0 Å². The first-order chi connectivity index (χ1) is 12.0. The molecule has 25 heavy (non-hydrogen) atoms. The van der Waals surface area contributed by atoms with Crippen LogP contribution in [-0.4, -0.2) is 10.9 Å². The van der Waals surface area contributed by atoms with E-state index < -0.39 is 0 Å². The van der Waals surface area contributed by atoms with E-state index in [4.69, 9.17) is 11.5 Å². The summed E-state index contributed by atoms with van der Waals surface area (Å²) in [5, 5.41) is 3.85. The third-order valence-corrected chi connectivity index (χ3v) is 3.65. The number of anilines is 1. The summed E-state index contributed by atoms with van der Waals surface area (Å²) in [6, 6.07) is 3.93. The predicted octanol–water partition coefficient (Wildman–Crippen LogP) is 3.57. The highest BCUT2D eigenvalue weighted by atomic mass is 16.1. The van der Waals surface area contributed by atoms with E-state index >= 15 is 0 Å². The number of amides is 1. The molecular formula is C20H22N4O. The normalized spacial score (nSPS) is 11.7. The van der Waals surface area contributed by atoms with Gasteiger partial charge in [-0.25, -0.2) is 0 Å². The van der Waals surface area contributed by atoms with Crippen LogP contribution in [0.2, 0.25) is 0 Å². The molecule has 1 heterocycles. The number of H-pyrrole nitrogens is 1. The lowest BCUT2D eigenvalue weighted by Gasteiger charge is -2.08. The number of benzene rings is 1. The molecule has 0 saturated carbocycles. The molecule has 0 aliphatic carbocycles. The number of aromatic nitrogens is 1. The average molecular weight is 334 g/mol. The molecule has 1 amide bonds. The molecule has 128 valence electrons. The van der Waals surface area contributed by atoms with Crippen molar-refractivity contribution in [2.45, 2.75) is 6.92 Å². The second kappa shape index (κ2) is 7.88. The van der Waals surface area contributed by atoms with Crippen molar-refractivity contribution in [2.75, 3.05) is 5.32 Å². The van der Waals surface area contributed by atoms with E-state index in [2.05, 4.69) is 23.5 Å². The maximum absolute atomic E-state index is 12.4. The van der Waals surface area contributed by atoms with Gasteiger partial charge in [0.15, 0.2) is 0 Å². The largest absolute Gasteiger partial charge is 0.405 e. The molecule has 0 spiro atoms. The second-order valence-electron chi connectivity index (χ2n) is 5.47. The van der Waals surface area contributed by atoms with Gasteiger partial charge in [0.25, 0.3) is 5.91 Å². The Morgan fingerprint density at radius 1 is 1.24 bits per heavy atom. The van der Waals surface area contributed by atoms with Crippen LogP contribution in [0.15, 0.2) is 61.5 Å². The molecule has 2 rings (SSSR count). The third-order valence-electron chi connectivity index (χ3n) is 3.65. The Labute approximate surface area is 147 Å². The van der Waals surface area contributed by atoms with Gasteiger partial charge in [0.05, 0.1) is 11.2 Å². The fourth-order valence-corrected chi connectivity index (χ4v) is 2.53. The van der Waals surface area contributed by atoms with E-state index in [0.29, 0.717) is 11.3 Å². The van der Waals surface area contributed by atoms with E-state index in [1.165, 1.54) is 12.4 Å². The third kappa shape index (κ3) is 3.90. The van der Waals surface area contributed by atoms with Crippen molar-refractivity contribution in [2.24, 2.45) is 11.5 Å². The number of hydrogen-bond acceptors (Lipinski definition) is 3. The van der Waals surface area contributed by atoms with Crippen molar-refractivity contribution in [3.05, 3.63) is 78.3 Å². The monoisotopic (exact) mass is 334 g/mol. The summed E-state index contributed by atoms with van der Waals surface area (Å²) in [7, 11) is 0. The Kier molecular flexibility index (Phi) is 5.63. The highest BCUT2D eigenvalue weighted by molar-refractivity contribution is 6.10. The summed E-state index contributed by atoms with van der Waals surface area (Å²) in [5.41, 5.74) is 15.4. The van der Waals surface area contributed by atoms with Gasteiger partial charge in [-0.05, 0) is 55.2 Å². The number of nitrogens with two attached hydrogens (primary N) is 2. The van der Waals surface area contributed by atoms with Gasteiger partial charge in [-0.3, -0.25) is 4.79 Å². The number of carbonyl (C=O) groups excluding carboxylic acids is 1. The summed E-state index contributed by atoms with van der Waals surface area (Å²) < 4.78 is 0. The van der Waals surface area contributed by atoms with Gasteiger partial charge >= 0.3 is 0 Å². The maximum atomic E-state index is 12.4. The Morgan fingerprint density at radius 2 is 2.00 bits per heavy atom. The average Bonchev–Trinajstić information content (AvgIpc) is 2.93. The number of nitrogens with one attached hydrogen (secondary N) is 2. The number of carbonyl (C=O) groups is 1. The van der Waals surface area contributed by atoms with Crippen LogP contribution in [0.4, 0.5) is 5.69 Å². The Bertz CT molecular complexity index is 913. The van der Waals surface area contributed by atoms with Crippen molar-refractivity contribution in [1.82, 2.24) is 4.98 Å². The molecule has 1 aromatic carbocycles. The lowest BCUT2D eigenvalue weighted by atomic mass is 10.1. The van der Waals surface area contributed by atoms with Crippen LogP contribution in [0.25, 0.3) is 23.1 Å². The van der Waals surface area contributed by atoms with Gasteiger partial charge in [-0.15, -0.1) is 0 Å². The Balaban J connectivity index is 2.46. The van der Waals surface area contributed by atoms with Crippen molar-refractivity contribution in [1.29, 1.82) is 0 Å². The van der Waals surface area contributed by atoms with Gasteiger partial charge < -0.3 is 21.8 Å². The molecule has 0 aliphatic rings. The van der Waals surface area contributed by atoms with Gasteiger partial charge in [-0.1, -0.05) is 25.3 Å². The fraction of sp³-hybridized carbons (Fsp3) is 0.0500. The van der Waals surface area contributed by atoms with Crippen molar-refractivity contribution < 1.29 is 4.79 Å². The molecule has 0 unspecified atom stereocenters. The first kappa shape index (κ1) is 17.9. The molecule has 0 fully saturated rings. The minimum absolute atomic E-state index is 0.292. The van der Waals surface area contributed by atoms with Crippen LogP contribution in [0, 0.1) is 6.92 Å². The molecular weight excluding hydrogens is 312 g/mol. The van der Waals surface area contributed by atoms with Crippen LogP contribution in [0.3, 0.4) is 0 Å². The number of rotatable bonds is 6. The summed E-state index contributed by atoms with van der Waals surface area (Å²) in [6.07, 6.45) is 11.3. The molecule has 0 radical (unpaired) electrons. The minimum atomic E-state index is -0.292. The number of aromatic amines is 1. The standard InChI is InChI=1S/C20H22N4O/c1-4-17-15(8-10-22)16-11-13(2)12-18(19(16)23-17)24-20(25)14(3)7-5-6-9-21/h4-12,23H,1,3,21-22H2,2H3,(H,24,25)/b7-5-,9-6-,10-8-. The fourth-order valence-electron chi connectivity index (χ4n) is 2.53. The molecule has 5 nitrogen and oxygen atoms in total. The Hall–Kier alpha value is -3.47. The molecule has 0 atom stereocenters. The molecule has 0 bridgehead atoms. The SMILES string of the molecule is C=Cc1[nH]c2c(NC(=O)C(=C)/C=C\C=C/N)cc(C)cc2c1/C=C\N. The van der Waals surface area contributed by atoms with Crippen LogP contribution in [0.1, 0.15) is 16.8 Å². The predicted molar refractivity (Wildman–Crippen MR) is 107 cm³/mol. The van der Waals surface area contributed by atoms with Crippen LogP contribution >= 0.6 is 0 Å². The van der Waals surface area contributed by atoms with E-state index in [1.807, 2.05) is 25.1 Å². The van der Waals surface area contributed by atoms with Crippen LogP contribution < -0.4 is 16.8 Å². The van der Waals surface area contributed by atoms with Crippen molar-refractivity contribution in [3.8, 4) is 0 Å². The van der Waals surface area contributed by atoms with E-state index in [1.54, 1.807) is 24.3 Å². The lowest BCUT2D eigenvalue weighted by Crippen LogP contribution is -2.13. The molecule has 0 aliphatic heterocycles. The minimum Gasteiger partial charge on any atom is -0.405 e. The summed E-state index contributed by atoms with van der Waals surface area (Å²) >= 11 is 0. The van der Waals surface area contributed by atoms with E-state index in [9.17, 15) is 4.79 Å². The summed E-state index contributed by atoms with van der Waals surface area (Å²) in [6.45, 7) is 9.55. The van der Waals surface area contributed by atoms with E-state index in [0.717, 1.165) is 27.7 Å². The molecule has 6 N–H and O–H groups in total. The van der Waals surface area contributed by atoms with Gasteiger partial charge in [0, 0.05) is 22.2 Å². The highest BCUT2D eigenvalue weighted by Gasteiger charge is 2.14. The zero-order valence-electron chi connectivity index (χ0n) is 14.2. The molecule has 1 aromatic heterocycles. The topological polar surface area (TPSA) is 96.9 Å². The number of aryl methyl sites for hydroxylation is 1. The number of fused-ring (bicyclic) bond motifs is 1. The molecule has 0 saturated heterocycles. The van der Waals surface area contributed by atoms with Crippen molar-refractivity contribution >= 4 is 34.6 Å². The first-order valence-electron chi connectivity index (χ1n) is 7.74. The number of allylic oxidation sites excluding steroid dienone is 2. The second-order valence-corrected chi connectivity index (χ2v) is 5.47. The highest BCUT2D eigenvalue weighted by Crippen LogP contribution is 2.31.